The van der Waals surface area contributed by atoms with Crippen LogP contribution in [0.25, 0.3) is 0 Å². The van der Waals surface area contributed by atoms with Gasteiger partial charge in [-0.2, -0.15) is 26.3 Å². The molecule has 4 rings (SSSR count). The number of hydrogen-bond donors (Lipinski definition) is 1. The van der Waals surface area contributed by atoms with Gasteiger partial charge in [0.2, 0.25) is 17.7 Å². The summed E-state index contributed by atoms with van der Waals surface area (Å²) in [7, 11) is 4.75. The molecule has 0 spiro atoms. The molecule has 1 aromatic carbocycles. The van der Waals surface area contributed by atoms with E-state index in [2.05, 4.69) is 5.32 Å². The highest BCUT2D eigenvalue weighted by Crippen LogP contribution is 2.55. The normalized spacial score (nSPS) is 21.4. The van der Waals surface area contributed by atoms with Crippen LogP contribution in [-0.2, 0) is 19.1 Å². The average Bonchev–Trinajstić information content (AvgIpc) is 3.04. The molecule has 276 valence electrons. The molecule has 15 heteroatoms. The number of nitrogens with one attached hydrogen (secondary N) is 1. The minimum absolute atomic E-state index is 0.00726. The standard InChI is InChI=1S/C35H44F6N4O4S/c1-33(15-9-28(46)44-16-10-23(11-17-44)20-29(47)43(2)3)14-8-27(31(34(36,37)38)32(33)35(39,40)41)50-26-7-5-6-25(21-26)42-24-12-18-45(19-13-24)30(48)22-49-4/h5-9,15,21,23-24,42H,10-14,16-20,22H2,1-4H3/b15-9+. The summed E-state index contributed by atoms with van der Waals surface area (Å²) >= 11 is 0.609. The molecule has 0 radical (unpaired) electrons. The molecular formula is C35H44F6N4O4S. The Labute approximate surface area is 292 Å². The summed E-state index contributed by atoms with van der Waals surface area (Å²) in [5.74, 6) is -0.663. The zero-order chi connectivity index (χ0) is 36.9. The van der Waals surface area contributed by atoms with Gasteiger partial charge in [-0.3, -0.25) is 14.4 Å². The van der Waals surface area contributed by atoms with Gasteiger partial charge in [-0.1, -0.05) is 36.9 Å². The highest BCUT2D eigenvalue weighted by Gasteiger charge is 2.54. The Bertz CT molecular complexity index is 1490. The predicted molar refractivity (Wildman–Crippen MR) is 179 cm³/mol. The third kappa shape index (κ3) is 10.1. The van der Waals surface area contributed by atoms with E-state index in [4.69, 9.17) is 4.74 Å². The maximum Gasteiger partial charge on any atom is 0.417 e. The second-order valence-electron chi connectivity index (χ2n) is 13.4. The second-order valence-corrected chi connectivity index (χ2v) is 14.5. The quantitative estimate of drug-likeness (QED) is 0.211. The van der Waals surface area contributed by atoms with Crippen LogP contribution in [0.15, 0.2) is 63.4 Å². The van der Waals surface area contributed by atoms with Crippen molar-refractivity contribution in [2.75, 3.05) is 59.3 Å². The van der Waals surface area contributed by atoms with E-state index in [-0.39, 0.29) is 30.4 Å². The number of piperidine rings is 2. The highest BCUT2D eigenvalue weighted by atomic mass is 32.2. The lowest BCUT2D eigenvalue weighted by Gasteiger charge is -2.37. The van der Waals surface area contributed by atoms with Crippen molar-refractivity contribution in [2.45, 2.75) is 68.7 Å². The molecule has 1 N–H and O–H groups in total. The van der Waals surface area contributed by atoms with E-state index in [0.717, 1.165) is 25.2 Å². The van der Waals surface area contributed by atoms with Crippen molar-refractivity contribution < 1.29 is 45.5 Å². The second kappa shape index (κ2) is 16.3. The first kappa shape index (κ1) is 39.3. The third-order valence-corrected chi connectivity index (χ3v) is 10.5. The Morgan fingerprint density at radius 2 is 1.64 bits per heavy atom. The Hall–Kier alpha value is -3.46. The first-order valence-corrected chi connectivity index (χ1v) is 17.3. The smallest absolute Gasteiger partial charge is 0.382 e. The minimum Gasteiger partial charge on any atom is -0.382 e. The van der Waals surface area contributed by atoms with E-state index < -0.39 is 46.1 Å². The number of amides is 3. The Balaban J connectivity index is 1.49. The molecule has 1 aromatic rings. The lowest BCUT2D eigenvalue weighted by molar-refractivity contribution is -0.136. The largest absolute Gasteiger partial charge is 0.417 e. The average molecular weight is 731 g/mol. The van der Waals surface area contributed by atoms with Crippen molar-refractivity contribution in [3.63, 3.8) is 0 Å². The topological polar surface area (TPSA) is 82.2 Å². The highest BCUT2D eigenvalue weighted by molar-refractivity contribution is 8.03. The van der Waals surface area contributed by atoms with Crippen LogP contribution in [0.5, 0.6) is 0 Å². The summed E-state index contributed by atoms with van der Waals surface area (Å²) in [6.45, 7) is 2.68. The SMILES string of the molecule is COCC(=O)N1CCC(Nc2cccc(SC3=CCC(C)(/C=C/C(=O)N4CCC(CC(=O)N(C)C)CC4)C(C(F)(F)F)=C3C(F)(F)F)c2)CC1. The van der Waals surface area contributed by atoms with Gasteiger partial charge in [0.05, 0.1) is 11.1 Å². The number of rotatable bonds is 10. The molecule has 2 aliphatic heterocycles. The van der Waals surface area contributed by atoms with Gasteiger partial charge in [-0.05, 0) is 62.3 Å². The van der Waals surface area contributed by atoms with Crippen molar-refractivity contribution in [2.24, 2.45) is 11.3 Å². The fourth-order valence-electron chi connectivity index (χ4n) is 6.56. The molecule has 1 unspecified atom stereocenters. The van der Waals surface area contributed by atoms with Crippen LogP contribution in [0.1, 0.15) is 45.4 Å². The maximum atomic E-state index is 14.7. The van der Waals surface area contributed by atoms with Crippen LogP contribution < -0.4 is 5.32 Å². The third-order valence-electron chi connectivity index (χ3n) is 9.38. The summed E-state index contributed by atoms with van der Waals surface area (Å²) in [4.78, 5) is 41.5. The molecular weight excluding hydrogens is 686 g/mol. The number of alkyl halides is 6. The Morgan fingerprint density at radius 3 is 2.22 bits per heavy atom. The van der Waals surface area contributed by atoms with E-state index in [1.807, 2.05) is 0 Å². The van der Waals surface area contributed by atoms with E-state index >= 15 is 0 Å². The molecule has 1 aliphatic carbocycles. The van der Waals surface area contributed by atoms with Crippen molar-refractivity contribution in [3.05, 3.63) is 58.5 Å². The number of nitrogens with zero attached hydrogens (tertiary/aromatic N) is 3. The molecule has 8 nitrogen and oxygen atoms in total. The number of halogens is 6. The molecule has 50 heavy (non-hydrogen) atoms. The van der Waals surface area contributed by atoms with E-state index in [9.17, 15) is 40.7 Å². The first-order chi connectivity index (χ1) is 23.4. The Morgan fingerprint density at radius 1 is 1.00 bits per heavy atom. The summed E-state index contributed by atoms with van der Waals surface area (Å²) in [5.41, 5.74) is -5.06. The lowest BCUT2D eigenvalue weighted by atomic mass is 9.72. The van der Waals surface area contributed by atoms with Gasteiger partial charge in [0, 0.05) is 80.7 Å². The number of anilines is 1. The van der Waals surface area contributed by atoms with E-state index in [1.165, 1.54) is 23.0 Å². The number of methoxy groups -OCH3 is 1. The zero-order valence-electron chi connectivity index (χ0n) is 28.6. The first-order valence-electron chi connectivity index (χ1n) is 16.5. The molecule has 1 atom stereocenters. The van der Waals surface area contributed by atoms with Crippen LogP contribution in [-0.4, -0.2) is 105 Å². The molecule has 2 fully saturated rings. The fourth-order valence-corrected chi connectivity index (χ4v) is 7.63. The number of carbonyl (C=O) groups is 3. The van der Waals surface area contributed by atoms with Gasteiger partial charge in [-0.15, -0.1) is 0 Å². The summed E-state index contributed by atoms with van der Waals surface area (Å²) < 4.78 is 92.8. The lowest BCUT2D eigenvalue weighted by Crippen LogP contribution is -2.43. The van der Waals surface area contributed by atoms with Gasteiger partial charge in [0.25, 0.3) is 0 Å². The van der Waals surface area contributed by atoms with Crippen LogP contribution in [0.2, 0.25) is 0 Å². The van der Waals surface area contributed by atoms with Crippen LogP contribution in [0.3, 0.4) is 0 Å². The molecule has 0 bridgehead atoms. The van der Waals surface area contributed by atoms with Crippen molar-refractivity contribution in [1.82, 2.24) is 14.7 Å². The summed E-state index contributed by atoms with van der Waals surface area (Å²) in [6, 6.07) is 6.48. The molecule has 3 aliphatic rings. The van der Waals surface area contributed by atoms with Crippen LogP contribution in [0, 0.1) is 11.3 Å². The molecule has 0 saturated carbocycles. The summed E-state index contributed by atoms with van der Waals surface area (Å²) in [5, 5.41) is 3.33. The number of ether oxygens (including phenoxy) is 1. The van der Waals surface area contributed by atoms with Gasteiger partial charge >= 0.3 is 12.4 Å². The minimum atomic E-state index is -5.34. The van der Waals surface area contributed by atoms with E-state index in [1.54, 1.807) is 37.2 Å². The zero-order valence-corrected chi connectivity index (χ0v) is 29.4. The number of carbonyl (C=O) groups excluding carboxylic acids is 3. The fraction of sp³-hybridized carbons (Fsp3) is 0.571. The number of hydrogen-bond acceptors (Lipinski definition) is 6. The van der Waals surface area contributed by atoms with E-state index in [0.29, 0.717) is 80.6 Å². The number of likely N-dealkylation sites (tertiary alicyclic amines) is 2. The predicted octanol–water partition coefficient (Wildman–Crippen LogP) is 6.82. The van der Waals surface area contributed by atoms with Gasteiger partial charge in [0.1, 0.15) is 6.61 Å². The van der Waals surface area contributed by atoms with Crippen molar-refractivity contribution in [3.8, 4) is 0 Å². The maximum absolute atomic E-state index is 14.7. The van der Waals surface area contributed by atoms with Gasteiger partial charge in [-0.25, -0.2) is 0 Å². The Kier molecular flexibility index (Phi) is 12.8. The van der Waals surface area contributed by atoms with Crippen LogP contribution >= 0.6 is 11.8 Å². The number of benzene rings is 1. The molecule has 0 aromatic heterocycles. The number of allylic oxidation sites excluding steroid dienone is 4. The molecule has 2 heterocycles. The van der Waals surface area contributed by atoms with Crippen LogP contribution in [0.4, 0.5) is 32.0 Å². The molecule has 3 amide bonds. The molecule has 2 saturated heterocycles. The van der Waals surface area contributed by atoms with Gasteiger partial charge in [0.15, 0.2) is 0 Å². The number of thioether (sulfide) groups is 1. The van der Waals surface area contributed by atoms with Gasteiger partial charge < -0.3 is 24.8 Å². The van der Waals surface area contributed by atoms with Crippen molar-refractivity contribution >= 4 is 35.2 Å². The summed E-state index contributed by atoms with van der Waals surface area (Å²) in [6.07, 6.45) is -5.34. The van der Waals surface area contributed by atoms with Crippen molar-refractivity contribution in [1.29, 1.82) is 0 Å². The monoisotopic (exact) mass is 730 g/mol.